The summed E-state index contributed by atoms with van der Waals surface area (Å²) >= 11 is 0. The van der Waals surface area contributed by atoms with Crippen LogP contribution >= 0.6 is 0 Å². The lowest BCUT2D eigenvalue weighted by Crippen LogP contribution is -2.52. The minimum Gasteiger partial charge on any atom is -0.387 e. The van der Waals surface area contributed by atoms with Gasteiger partial charge in [-0.25, -0.2) is 4.68 Å². The third-order valence-electron chi connectivity index (χ3n) is 9.70. The van der Waals surface area contributed by atoms with Crippen LogP contribution in [0.5, 0.6) is 0 Å². The molecule has 0 saturated heterocycles. The van der Waals surface area contributed by atoms with E-state index in [0.717, 1.165) is 43.4 Å². The van der Waals surface area contributed by atoms with Gasteiger partial charge in [0.2, 0.25) is 0 Å². The first-order valence-electron chi connectivity index (χ1n) is 12.0. The highest BCUT2D eigenvalue weighted by Crippen LogP contribution is 2.64. The Morgan fingerprint density at radius 3 is 2.73 bits per heavy atom. The molecule has 5 rings (SSSR count). The van der Waals surface area contributed by atoms with E-state index in [1.807, 2.05) is 0 Å². The average Bonchev–Trinajstić information content (AvgIpc) is 3.34. The predicted octanol–water partition coefficient (Wildman–Crippen LogP) is 3.49. The number of methoxy groups -OCH3 is 1. The van der Waals surface area contributed by atoms with Crippen molar-refractivity contribution in [2.75, 3.05) is 13.7 Å². The Balaban J connectivity index is 1.29. The summed E-state index contributed by atoms with van der Waals surface area (Å²) in [6.45, 7) is 3.25. The Morgan fingerprint density at radius 2 is 1.97 bits per heavy atom. The van der Waals surface area contributed by atoms with E-state index < -0.39 is 5.60 Å². The number of hydrogen-bond acceptors (Lipinski definition) is 5. The molecule has 0 bridgehead atoms. The van der Waals surface area contributed by atoms with Crippen LogP contribution in [0.2, 0.25) is 0 Å². The highest BCUT2D eigenvalue weighted by Gasteiger charge is 2.58. The van der Waals surface area contributed by atoms with Gasteiger partial charge in [0.25, 0.3) is 0 Å². The van der Waals surface area contributed by atoms with E-state index in [2.05, 4.69) is 17.2 Å². The van der Waals surface area contributed by atoms with Gasteiger partial charge in [0, 0.05) is 19.2 Å². The third kappa shape index (κ3) is 3.35. The first-order chi connectivity index (χ1) is 14.4. The van der Waals surface area contributed by atoms with E-state index in [-0.39, 0.29) is 11.3 Å². The van der Waals surface area contributed by atoms with Gasteiger partial charge in [-0.3, -0.25) is 4.79 Å². The summed E-state index contributed by atoms with van der Waals surface area (Å²) in [5.41, 5.74) is -0.463. The molecule has 4 aliphatic carbocycles. The van der Waals surface area contributed by atoms with Crippen LogP contribution in [0.1, 0.15) is 64.7 Å². The van der Waals surface area contributed by atoms with Crippen molar-refractivity contribution in [3.8, 4) is 0 Å². The molecule has 166 valence electrons. The molecule has 0 unspecified atom stereocenters. The standard InChI is InChI=1S/C24H37N3O3/c1-23-9-7-18-17-8-10-24(29,15-30-2)13-16(17)3-4-19(18)20(23)5-6-21(23)22(28)14-27-12-11-25-26-27/h11-12,16-21,29H,3-10,13-15H2,1-2H3/t16-,17-,18+,19+,20-,21+,23-,24+/m0/s1. The summed E-state index contributed by atoms with van der Waals surface area (Å²) < 4.78 is 7.00. The number of ether oxygens (including phenoxy) is 1. The molecular weight excluding hydrogens is 378 g/mol. The summed E-state index contributed by atoms with van der Waals surface area (Å²) in [6, 6.07) is 0. The summed E-state index contributed by atoms with van der Waals surface area (Å²) in [4.78, 5) is 13.2. The van der Waals surface area contributed by atoms with E-state index in [1.54, 1.807) is 24.2 Å². The largest absolute Gasteiger partial charge is 0.387 e. The van der Waals surface area contributed by atoms with Crippen molar-refractivity contribution in [1.29, 1.82) is 0 Å². The van der Waals surface area contributed by atoms with Crippen molar-refractivity contribution in [3.05, 3.63) is 12.4 Å². The maximum atomic E-state index is 13.2. The maximum Gasteiger partial charge on any atom is 0.157 e. The van der Waals surface area contributed by atoms with Gasteiger partial charge in [-0.1, -0.05) is 12.1 Å². The monoisotopic (exact) mass is 415 g/mol. The number of rotatable bonds is 5. The Hall–Kier alpha value is -1.27. The molecule has 0 aromatic carbocycles. The van der Waals surface area contributed by atoms with Gasteiger partial charge in [-0.2, -0.15) is 0 Å². The van der Waals surface area contributed by atoms with E-state index >= 15 is 0 Å². The smallest absolute Gasteiger partial charge is 0.157 e. The van der Waals surface area contributed by atoms with Gasteiger partial charge >= 0.3 is 0 Å². The van der Waals surface area contributed by atoms with Crippen molar-refractivity contribution in [2.24, 2.45) is 40.9 Å². The maximum absolute atomic E-state index is 13.2. The van der Waals surface area contributed by atoms with Crippen LogP contribution < -0.4 is 0 Å². The van der Waals surface area contributed by atoms with Crippen LogP contribution in [0.3, 0.4) is 0 Å². The molecule has 6 heteroatoms. The number of Topliss-reactive ketones (excluding diaryl/α,β-unsaturated/α-hetero) is 1. The molecule has 8 atom stereocenters. The van der Waals surface area contributed by atoms with Gasteiger partial charge in [0.1, 0.15) is 6.54 Å². The Bertz CT molecular complexity index is 768. The molecule has 4 saturated carbocycles. The minimum atomic E-state index is -0.613. The van der Waals surface area contributed by atoms with Crippen molar-refractivity contribution < 1.29 is 14.6 Å². The van der Waals surface area contributed by atoms with Crippen LogP contribution in [0.4, 0.5) is 0 Å². The number of nitrogens with zero attached hydrogens (tertiary/aromatic N) is 3. The van der Waals surface area contributed by atoms with Crippen LogP contribution in [-0.4, -0.2) is 45.2 Å². The van der Waals surface area contributed by atoms with E-state index in [4.69, 9.17) is 4.74 Å². The number of carbonyl (C=O) groups excluding carboxylic acids is 1. The third-order valence-corrected chi connectivity index (χ3v) is 9.70. The zero-order valence-corrected chi connectivity index (χ0v) is 18.5. The fraction of sp³-hybridized carbons (Fsp3) is 0.875. The topological polar surface area (TPSA) is 77.2 Å². The quantitative estimate of drug-likeness (QED) is 0.796. The van der Waals surface area contributed by atoms with Crippen molar-refractivity contribution in [2.45, 2.75) is 76.9 Å². The lowest BCUT2D eigenvalue weighted by Gasteiger charge is -2.57. The fourth-order valence-corrected chi connectivity index (χ4v) is 8.48. The second kappa shape index (κ2) is 7.70. The van der Waals surface area contributed by atoms with Gasteiger partial charge in [-0.15, -0.1) is 5.10 Å². The summed E-state index contributed by atoms with van der Waals surface area (Å²) in [6.07, 6.45) is 13.6. The molecule has 0 aliphatic heterocycles. The highest BCUT2D eigenvalue weighted by atomic mass is 16.5. The Labute approximate surface area is 179 Å². The SMILES string of the molecule is COC[C@@]1(O)CC[C@H]2[C@@H](CC[C@@H]3[C@@H]2CC[C@]2(C)[C@@H](C(=O)Cn4ccnn4)CC[C@@H]32)C1. The first-order valence-corrected chi connectivity index (χ1v) is 12.0. The fourth-order valence-electron chi connectivity index (χ4n) is 8.48. The molecule has 1 N–H and O–H groups in total. The van der Waals surface area contributed by atoms with Crippen molar-refractivity contribution in [1.82, 2.24) is 15.0 Å². The molecule has 1 heterocycles. The number of aromatic nitrogens is 3. The molecular formula is C24H37N3O3. The molecule has 4 aliphatic rings. The minimum absolute atomic E-state index is 0.150. The normalized spacial score (nSPS) is 45.4. The zero-order valence-electron chi connectivity index (χ0n) is 18.5. The van der Waals surface area contributed by atoms with Crippen LogP contribution in [0.25, 0.3) is 0 Å². The van der Waals surface area contributed by atoms with Crippen LogP contribution in [-0.2, 0) is 16.1 Å². The van der Waals surface area contributed by atoms with Gasteiger partial charge in [0.05, 0.1) is 18.4 Å². The summed E-state index contributed by atoms with van der Waals surface area (Å²) in [5, 5.41) is 18.8. The van der Waals surface area contributed by atoms with Crippen LogP contribution in [0, 0.1) is 40.9 Å². The Kier molecular flexibility index (Phi) is 5.29. The molecule has 6 nitrogen and oxygen atoms in total. The second-order valence-electron chi connectivity index (χ2n) is 11.1. The lowest BCUT2D eigenvalue weighted by atomic mass is 9.49. The van der Waals surface area contributed by atoms with Gasteiger partial charge in [-0.05, 0) is 92.8 Å². The van der Waals surface area contributed by atoms with Crippen molar-refractivity contribution >= 4 is 5.78 Å². The molecule has 4 fully saturated rings. The highest BCUT2D eigenvalue weighted by molar-refractivity contribution is 5.82. The molecule has 0 radical (unpaired) electrons. The van der Waals surface area contributed by atoms with Gasteiger partial charge in [0.15, 0.2) is 5.78 Å². The molecule has 0 spiro atoms. The average molecular weight is 416 g/mol. The zero-order chi connectivity index (χ0) is 20.9. The number of carbonyl (C=O) groups is 1. The predicted molar refractivity (Wildman–Crippen MR) is 112 cm³/mol. The van der Waals surface area contributed by atoms with E-state index in [9.17, 15) is 9.90 Å². The van der Waals surface area contributed by atoms with Gasteiger partial charge < -0.3 is 9.84 Å². The molecule has 0 amide bonds. The second-order valence-corrected chi connectivity index (χ2v) is 11.1. The molecule has 1 aromatic heterocycles. The summed E-state index contributed by atoms with van der Waals surface area (Å²) in [7, 11) is 1.70. The Morgan fingerprint density at radius 1 is 1.13 bits per heavy atom. The molecule has 30 heavy (non-hydrogen) atoms. The van der Waals surface area contributed by atoms with E-state index in [1.165, 1.54) is 32.1 Å². The number of fused-ring (bicyclic) bond motifs is 5. The number of aliphatic hydroxyl groups is 1. The number of ketones is 1. The van der Waals surface area contributed by atoms with E-state index in [0.29, 0.717) is 30.8 Å². The van der Waals surface area contributed by atoms with Crippen molar-refractivity contribution in [3.63, 3.8) is 0 Å². The first kappa shape index (κ1) is 20.6. The lowest BCUT2D eigenvalue weighted by molar-refractivity contribution is -0.136. The van der Waals surface area contributed by atoms with Crippen LogP contribution in [0.15, 0.2) is 12.4 Å². The molecule has 1 aromatic rings. The number of hydrogen-bond donors (Lipinski definition) is 1. The summed E-state index contributed by atoms with van der Waals surface area (Å²) in [5.74, 6) is 4.16.